The van der Waals surface area contributed by atoms with Gasteiger partial charge in [0.05, 0.1) is 11.3 Å². The Morgan fingerprint density at radius 3 is 2.48 bits per heavy atom. The molecular weight excluding hydrogens is 352 g/mol. The fourth-order valence-electron chi connectivity index (χ4n) is 2.31. The number of hydrogen-bond acceptors (Lipinski definition) is 3. The lowest BCUT2D eigenvalue weighted by atomic mass is 10.1. The summed E-state index contributed by atoms with van der Waals surface area (Å²) < 4.78 is 51.0. The van der Waals surface area contributed by atoms with Crippen molar-refractivity contribution in [2.24, 2.45) is 0 Å². The van der Waals surface area contributed by atoms with E-state index in [0.29, 0.717) is 18.7 Å². The quantitative estimate of drug-likeness (QED) is 0.623. The number of benzene rings is 2. The van der Waals surface area contributed by atoms with Gasteiger partial charge in [-0.05, 0) is 35.9 Å². The first-order valence-corrected chi connectivity index (χ1v) is 8.37. The third-order valence-corrected chi connectivity index (χ3v) is 4.47. The van der Waals surface area contributed by atoms with Gasteiger partial charge in [0.2, 0.25) is 0 Å². The average molecular weight is 366 g/mol. The van der Waals surface area contributed by atoms with Gasteiger partial charge in [0.1, 0.15) is 10.8 Å². The molecule has 1 heterocycles. The first-order chi connectivity index (χ1) is 11.9. The standard InChI is InChI=1S/C18H14F4N2S/c19-15-6-4-13(5-7-15)17-24-16(11-25-17)10-23-9-12-2-1-3-14(8-12)18(20,21)22/h1-8,11,23H,9-10H2. The second-order valence-electron chi connectivity index (χ2n) is 5.45. The van der Waals surface area contributed by atoms with Gasteiger partial charge < -0.3 is 5.32 Å². The van der Waals surface area contributed by atoms with Crippen LogP contribution in [0.3, 0.4) is 0 Å². The summed E-state index contributed by atoms with van der Waals surface area (Å²) in [5.41, 5.74) is 1.52. The van der Waals surface area contributed by atoms with E-state index in [0.717, 1.165) is 28.4 Å². The minimum Gasteiger partial charge on any atom is -0.307 e. The molecule has 7 heteroatoms. The number of aromatic nitrogens is 1. The normalized spacial score (nSPS) is 11.7. The molecule has 1 aromatic heterocycles. The van der Waals surface area contributed by atoms with E-state index in [1.165, 1.54) is 29.5 Å². The highest BCUT2D eigenvalue weighted by molar-refractivity contribution is 7.13. The summed E-state index contributed by atoms with van der Waals surface area (Å²) in [5.74, 6) is -0.303. The molecule has 0 aliphatic rings. The van der Waals surface area contributed by atoms with Crippen molar-refractivity contribution in [2.45, 2.75) is 19.3 Å². The van der Waals surface area contributed by atoms with Crippen LogP contribution in [0.1, 0.15) is 16.8 Å². The Morgan fingerprint density at radius 2 is 1.76 bits per heavy atom. The largest absolute Gasteiger partial charge is 0.416 e. The summed E-state index contributed by atoms with van der Waals surface area (Å²) >= 11 is 1.44. The van der Waals surface area contributed by atoms with Crippen LogP contribution in [-0.4, -0.2) is 4.98 Å². The van der Waals surface area contributed by atoms with Crippen molar-refractivity contribution in [3.63, 3.8) is 0 Å². The van der Waals surface area contributed by atoms with E-state index in [9.17, 15) is 17.6 Å². The second kappa shape index (κ2) is 7.33. The topological polar surface area (TPSA) is 24.9 Å². The Labute approximate surface area is 146 Å². The fraction of sp³-hybridized carbons (Fsp3) is 0.167. The van der Waals surface area contributed by atoms with Gasteiger partial charge >= 0.3 is 6.18 Å². The monoisotopic (exact) mass is 366 g/mol. The molecule has 0 amide bonds. The maximum atomic E-state index is 12.9. The van der Waals surface area contributed by atoms with Crippen LogP contribution in [0.2, 0.25) is 0 Å². The van der Waals surface area contributed by atoms with Crippen LogP contribution < -0.4 is 5.32 Å². The van der Waals surface area contributed by atoms with E-state index < -0.39 is 11.7 Å². The molecule has 3 rings (SSSR count). The third-order valence-electron chi connectivity index (χ3n) is 3.53. The molecule has 130 valence electrons. The van der Waals surface area contributed by atoms with E-state index in [1.807, 2.05) is 5.38 Å². The van der Waals surface area contributed by atoms with Crippen molar-refractivity contribution >= 4 is 11.3 Å². The number of thiazole rings is 1. The molecule has 2 nitrogen and oxygen atoms in total. The Kier molecular flexibility index (Phi) is 5.15. The summed E-state index contributed by atoms with van der Waals surface area (Å²) in [6.45, 7) is 0.751. The van der Waals surface area contributed by atoms with Gasteiger partial charge in [-0.1, -0.05) is 18.2 Å². The Balaban J connectivity index is 1.59. The molecule has 0 spiro atoms. The smallest absolute Gasteiger partial charge is 0.307 e. The SMILES string of the molecule is Fc1ccc(-c2nc(CNCc3cccc(C(F)(F)F)c3)cs2)cc1. The number of hydrogen-bond donors (Lipinski definition) is 1. The Hall–Kier alpha value is -2.25. The molecule has 0 aliphatic heterocycles. The Bertz CT molecular complexity index is 841. The van der Waals surface area contributed by atoms with Gasteiger partial charge in [-0.3, -0.25) is 0 Å². The van der Waals surface area contributed by atoms with Gasteiger partial charge in [0, 0.05) is 24.0 Å². The van der Waals surface area contributed by atoms with E-state index in [1.54, 1.807) is 18.2 Å². The maximum absolute atomic E-state index is 12.9. The van der Waals surface area contributed by atoms with E-state index in [2.05, 4.69) is 10.3 Å². The van der Waals surface area contributed by atoms with Gasteiger partial charge in [-0.25, -0.2) is 9.37 Å². The molecule has 0 saturated carbocycles. The average Bonchev–Trinajstić information content (AvgIpc) is 3.04. The number of rotatable bonds is 5. The van der Waals surface area contributed by atoms with Crippen molar-refractivity contribution in [2.75, 3.05) is 0 Å². The summed E-state index contributed by atoms with van der Waals surface area (Å²) in [6.07, 6.45) is -4.34. The van der Waals surface area contributed by atoms with Crippen LogP contribution in [0.25, 0.3) is 10.6 Å². The lowest BCUT2D eigenvalue weighted by Gasteiger charge is -2.09. The van der Waals surface area contributed by atoms with Crippen LogP contribution in [0, 0.1) is 5.82 Å². The highest BCUT2D eigenvalue weighted by Gasteiger charge is 2.30. The van der Waals surface area contributed by atoms with Crippen LogP contribution >= 0.6 is 11.3 Å². The highest BCUT2D eigenvalue weighted by Crippen LogP contribution is 2.29. The molecule has 0 saturated heterocycles. The van der Waals surface area contributed by atoms with E-state index in [4.69, 9.17) is 0 Å². The molecule has 0 aliphatic carbocycles. The molecule has 3 aromatic rings. The zero-order chi connectivity index (χ0) is 17.9. The van der Waals surface area contributed by atoms with Crippen LogP contribution in [-0.2, 0) is 19.3 Å². The van der Waals surface area contributed by atoms with Gasteiger partial charge in [-0.15, -0.1) is 11.3 Å². The zero-order valence-electron chi connectivity index (χ0n) is 13.0. The van der Waals surface area contributed by atoms with E-state index >= 15 is 0 Å². The number of halogens is 4. The van der Waals surface area contributed by atoms with Crippen molar-refractivity contribution in [1.29, 1.82) is 0 Å². The summed E-state index contributed by atoms with van der Waals surface area (Å²) in [4.78, 5) is 4.45. The van der Waals surface area contributed by atoms with Crippen molar-refractivity contribution in [3.05, 3.63) is 76.5 Å². The maximum Gasteiger partial charge on any atom is 0.416 e. The molecule has 0 bridgehead atoms. The molecular formula is C18H14F4N2S. The molecule has 0 radical (unpaired) electrons. The highest BCUT2D eigenvalue weighted by atomic mass is 32.1. The zero-order valence-corrected chi connectivity index (χ0v) is 13.8. The predicted molar refractivity (Wildman–Crippen MR) is 89.5 cm³/mol. The van der Waals surface area contributed by atoms with Crippen molar-refractivity contribution in [3.8, 4) is 10.6 Å². The summed E-state index contributed by atoms with van der Waals surface area (Å²) in [6, 6.07) is 11.3. The second-order valence-corrected chi connectivity index (χ2v) is 6.31. The van der Waals surface area contributed by atoms with E-state index in [-0.39, 0.29) is 5.82 Å². The first-order valence-electron chi connectivity index (χ1n) is 7.49. The van der Waals surface area contributed by atoms with Crippen molar-refractivity contribution in [1.82, 2.24) is 10.3 Å². The molecule has 2 aromatic carbocycles. The first kappa shape index (κ1) is 17.6. The Morgan fingerprint density at radius 1 is 1.00 bits per heavy atom. The summed E-state index contributed by atoms with van der Waals surface area (Å²) in [7, 11) is 0. The van der Waals surface area contributed by atoms with Gasteiger partial charge in [0.25, 0.3) is 0 Å². The minimum atomic E-state index is -4.34. The third kappa shape index (κ3) is 4.64. The van der Waals surface area contributed by atoms with Crippen LogP contribution in [0.4, 0.5) is 17.6 Å². The summed E-state index contributed by atoms with van der Waals surface area (Å²) in [5, 5.41) is 5.73. The fourth-order valence-corrected chi connectivity index (χ4v) is 3.13. The number of nitrogens with zero attached hydrogens (tertiary/aromatic N) is 1. The van der Waals surface area contributed by atoms with Gasteiger partial charge in [0.15, 0.2) is 0 Å². The van der Waals surface area contributed by atoms with Crippen molar-refractivity contribution < 1.29 is 17.6 Å². The lowest BCUT2D eigenvalue weighted by Crippen LogP contribution is -2.14. The number of nitrogens with one attached hydrogen (secondary N) is 1. The molecule has 1 N–H and O–H groups in total. The predicted octanol–water partition coefficient (Wildman–Crippen LogP) is 5.26. The van der Waals surface area contributed by atoms with Gasteiger partial charge in [-0.2, -0.15) is 13.2 Å². The minimum absolute atomic E-state index is 0.303. The molecule has 0 fully saturated rings. The van der Waals surface area contributed by atoms with Crippen LogP contribution in [0.5, 0.6) is 0 Å². The van der Waals surface area contributed by atoms with Crippen LogP contribution in [0.15, 0.2) is 53.9 Å². The molecule has 25 heavy (non-hydrogen) atoms. The lowest BCUT2D eigenvalue weighted by molar-refractivity contribution is -0.137. The molecule has 0 atom stereocenters. The number of alkyl halides is 3. The molecule has 0 unspecified atom stereocenters.